The van der Waals surface area contributed by atoms with E-state index in [1.807, 2.05) is 23.1 Å². The summed E-state index contributed by atoms with van der Waals surface area (Å²) >= 11 is 0. The summed E-state index contributed by atoms with van der Waals surface area (Å²) in [6.45, 7) is 3.84. The minimum absolute atomic E-state index is 0.0479. The quantitative estimate of drug-likeness (QED) is 0.833. The number of carbonyl (C=O) groups is 1. The van der Waals surface area contributed by atoms with Crippen LogP contribution in [0.4, 0.5) is 0 Å². The van der Waals surface area contributed by atoms with Crippen LogP contribution >= 0.6 is 0 Å². The number of aromatic nitrogens is 1. The molecule has 1 aliphatic rings. The summed E-state index contributed by atoms with van der Waals surface area (Å²) in [5.74, 6) is 1.57. The molecule has 132 valence electrons. The van der Waals surface area contributed by atoms with Crippen LogP contribution in [0, 0.1) is 0 Å². The highest BCUT2D eigenvalue weighted by atomic mass is 16.5. The van der Waals surface area contributed by atoms with Gasteiger partial charge in [-0.3, -0.25) is 14.7 Å². The van der Waals surface area contributed by atoms with Gasteiger partial charge in [-0.2, -0.15) is 0 Å². The van der Waals surface area contributed by atoms with E-state index in [0.717, 1.165) is 36.7 Å². The van der Waals surface area contributed by atoms with Gasteiger partial charge in [0, 0.05) is 50.7 Å². The Morgan fingerprint density at radius 3 is 2.52 bits per heavy atom. The van der Waals surface area contributed by atoms with Gasteiger partial charge in [-0.05, 0) is 18.2 Å². The molecule has 0 unspecified atom stereocenters. The van der Waals surface area contributed by atoms with Gasteiger partial charge in [0.25, 0.3) is 5.91 Å². The number of hydrogen-bond acceptors (Lipinski definition) is 5. The maximum Gasteiger partial charge on any atom is 0.255 e. The van der Waals surface area contributed by atoms with Crippen LogP contribution < -0.4 is 9.47 Å². The van der Waals surface area contributed by atoms with Gasteiger partial charge in [-0.25, -0.2) is 0 Å². The molecule has 6 nitrogen and oxygen atoms in total. The molecule has 3 rings (SSSR count). The van der Waals surface area contributed by atoms with Crippen LogP contribution in [0.1, 0.15) is 15.9 Å². The molecular formula is C19H23N3O3. The summed E-state index contributed by atoms with van der Waals surface area (Å²) in [4.78, 5) is 20.7. The second-order valence-corrected chi connectivity index (χ2v) is 5.96. The zero-order chi connectivity index (χ0) is 17.6. The first-order valence-corrected chi connectivity index (χ1v) is 8.34. The number of ether oxygens (including phenoxy) is 2. The van der Waals surface area contributed by atoms with Gasteiger partial charge in [-0.1, -0.05) is 12.1 Å². The Labute approximate surface area is 148 Å². The molecule has 2 heterocycles. The van der Waals surface area contributed by atoms with Gasteiger partial charge >= 0.3 is 0 Å². The highest BCUT2D eigenvalue weighted by Gasteiger charge is 2.23. The van der Waals surface area contributed by atoms with E-state index >= 15 is 0 Å². The molecule has 0 aliphatic carbocycles. The molecule has 1 aromatic carbocycles. The topological polar surface area (TPSA) is 54.9 Å². The predicted molar refractivity (Wildman–Crippen MR) is 95.0 cm³/mol. The van der Waals surface area contributed by atoms with Crippen LogP contribution in [0.15, 0.2) is 42.7 Å². The Morgan fingerprint density at radius 2 is 1.88 bits per heavy atom. The van der Waals surface area contributed by atoms with Crippen molar-refractivity contribution >= 4 is 5.91 Å². The van der Waals surface area contributed by atoms with E-state index in [4.69, 9.17) is 9.47 Å². The third-order valence-corrected chi connectivity index (χ3v) is 4.45. The third kappa shape index (κ3) is 3.91. The number of hydrogen-bond donors (Lipinski definition) is 0. The van der Waals surface area contributed by atoms with Crippen molar-refractivity contribution in [3.8, 4) is 11.5 Å². The molecule has 0 radical (unpaired) electrons. The van der Waals surface area contributed by atoms with E-state index in [9.17, 15) is 4.79 Å². The summed E-state index contributed by atoms with van der Waals surface area (Å²) in [6.07, 6.45) is 3.30. The lowest BCUT2D eigenvalue weighted by molar-refractivity contribution is 0.0627. The van der Waals surface area contributed by atoms with Crippen molar-refractivity contribution in [3.05, 3.63) is 53.9 Å². The molecule has 0 saturated carbocycles. The van der Waals surface area contributed by atoms with Gasteiger partial charge in [0.05, 0.1) is 19.8 Å². The molecule has 6 heteroatoms. The molecule has 2 aromatic rings. The minimum Gasteiger partial charge on any atom is -0.493 e. The fourth-order valence-corrected chi connectivity index (χ4v) is 3.10. The maximum absolute atomic E-state index is 12.5. The first kappa shape index (κ1) is 17.2. The first-order chi connectivity index (χ1) is 12.2. The molecule has 1 saturated heterocycles. The molecule has 1 aromatic heterocycles. The molecule has 1 amide bonds. The smallest absolute Gasteiger partial charge is 0.255 e. The van der Waals surface area contributed by atoms with E-state index in [1.54, 1.807) is 32.7 Å². The molecule has 1 aliphatic heterocycles. The molecule has 0 spiro atoms. The van der Waals surface area contributed by atoms with Crippen molar-refractivity contribution in [2.45, 2.75) is 6.54 Å². The number of amides is 1. The molecule has 0 bridgehead atoms. The summed E-state index contributed by atoms with van der Waals surface area (Å²) in [7, 11) is 3.30. The lowest BCUT2D eigenvalue weighted by Gasteiger charge is -2.35. The van der Waals surface area contributed by atoms with Gasteiger partial charge in [0.2, 0.25) is 0 Å². The highest BCUT2D eigenvalue weighted by Crippen LogP contribution is 2.31. The maximum atomic E-state index is 12.5. The molecular weight excluding hydrogens is 318 g/mol. The summed E-state index contributed by atoms with van der Waals surface area (Å²) in [6, 6.07) is 9.52. The second-order valence-electron chi connectivity index (χ2n) is 5.96. The molecule has 0 N–H and O–H groups in total. The zero-order valence-electron chi connectivity index (χ0n) is 14.6. The Morgan fingerprint density at radius 1 is 1.08 bits per heavy atom. The van der Waals surface area contributed by atoms with E-state index < -0.39 is 0 Å². The third-order valence-electron chi connectivity index (χ3n) is 4.45. The van der Waals surface area contributed by atoms with Gasteiger partial charge in [-0.15, -0.1) is 0 Å². The average Bonchev–Trinajstić information content (AvgIpc) is 2.68. The lowest BCUT2D eigenvalue weighted by Crippen LogP contribution is -2.48. The Kier molecular flexibility index (Phi) is 5.50. The normalized spacial score (nSPS) is 15.0. The van der Waals surface area contributed by atoms with Gasteiger partial charge < -0.3 is 14.4 Å². The van der Waals surface area contributed by atoms with Crippen LogP contribution in [0.2, 0.25) is 0 Å². The number of nitrogens with zero attached hydrogens (tertiary/aromatic N) is 3. The van der Waals surface area contributed by atoms with Crippen molar-refractivity contribution in [3.63, 3.8) is 0 Å². The number of rotatable bonds is 5. The van der Waals surface area contributed by atoms with Crippen molar-refractivity contribution in [2.75, 3.05) is 40.4 Å². The van der Waals surface area contributed by atoms with E-state index in [1.165, 1.54) is 0 Å². The van der Waals surface area contributed by atoms with E-state index in [2.05, 4.69) is 16.0 Å². The van der Waals surface area contributed by atoms with Gasteiger partial charge in [0.15, 0.2) is 11.5 Å². The minimum atomic E-state index is 0.0479. The van der Waals surface area contributed by atoms with Crippen LogP contribution in [-0.4, -0.2) is 61.1 Å². The van der Waals surface area contributed by atoms with E-state index in [0.29, 0.717) is 18.7 Å². The molecule has 25 heavy (non-hydrogen) atoms. The standard InChI is InChI=1S/C19H23N3O3/c1-24-17-7-3-5-16(18(17)25-2)14-21-9-11-22(12-10-21)19(23)15-6-4-8-20-13-15/h3-8,13H,9-12,14H2,1-2H3. The Bertz CT molecular complexity index is 713. The van der Waals surface area contributed by atoms with Crippen LogP contribution in [0.5, 0.6) is 11.5 Å². The monoisotopic (exact) mass is 341 g/mol. The predicted octanol–water partition coefficient (Wildman–Crippen LogP) is 2.06. The highest BCUT2D eigenvalue weighted by molar-refractivity contribution is 5.93. The second kappa shape index (κ2) is 7.98. The van der Waals surface area contributed by atoms with Crippen molar-refractivity contribution in [1.29, 1.82) is 0 Å². The van der Waals surface area contributed by atoms with Gasteiger partial charge in [0.1, 0.15) is 0 Å². The number of methoxy groups -OCH3 is 2. The molecule has 1 fully saturated rings. The largest absolute Gasteiger partial charge is 0.493 e. The number of carbonyl (C=O) groups excluding carboxylic acids is 1. The summed E-state index contributed by atoms with van der Waals surface area (Å²) < 4.78 is 10.9. The van der Waals surface area contributed by atoms with Crippen molar-refractivity contribution in [2.24, 2.45) is 0 Å². The van der Waals surface area contributed by atoms with Crippen molar-refractivity contribution < 1.29 is 14.3 Å². The fourth-order valence-electron chi connectivity index (χ4n) is 3.10. The first-order valence-electron chi connectivity index (χ1n) is 8.34. The SMILES string of the molecule is COc1cccc(CN2CCN(C(=O)c3cccnc3)CC2)c1OC. The fraction of sp³-hybridized carbons (Fsp3) is 0.368. The van der Waals surface area contributed by atoms with E-state index in [-0.39, 0.29) is 5.91 Å². The Balaban J connectivity index is 1.61. The summed E-state index contributed by atoms with van der Waals surface area (Å²) in [5.41, 5.74) is 1.74. The number of piperazine rings is 1. The number of para-hydroxylation sites is 1. The molecule has 0 atom stereocenters. The number of benzene rings is 1. The van der Waals surface area contributed by atoms with Crippen LogP contribution in [-0.2, 0) is 6.54 Å². The van der Waals surface area contributed by atoms with Crippen molar-refractivity contribution in [1.82, 2.24) is 14.8 Å². The zero-order valence-corrected chi connectivity index (χ0v) is 14.6. The van der Waals surface area contributed by atoms with Crippen LogP contribution in [0.25, 0.3) is 0 Å². The van der Waals surface area contributed by atoms with Crippen LogP contribution in [0.3, 0.4) is 0 Å². The number of pyridine rings is 1. The Hall–Kier alpha value is -2.60. The lowest BCUT2D eigenvalue weighted by atomic mass is 10.1. The summed E-state index contributed by atoms with van der Waals surface area (Å²) in [5, 5.41) is 0. The average molecular weight is 341 g/mol.